The molecule has 0 bridgehead atoms. The molecule has 1 aliphatic heterocycles. The molecule has 1 aliphatic rings. The van der Waals surface area contributed by atoms with Gasteiger partial charge in [0.15, 0.2) is 17.9 Å². The quantitative estimate of drug-likeness (QED) is 0.832. The van der Waals surface area contributed by atoms with Crippen LogP contribution in [0, 0.1) is 5.82 Å². The van der Waals surface area contributed by atoms with Crippen molar-refractivity contribution in [1.29, 1.82) is 0 Å². The Balaban J connectivity index is 1.97. The number of benzene rings is 1. The Morgan fingerprint density at radius 1 is 1.40 bits per heavy atom. The standard InChI is InChI=1S/C15H22FNO3/c1-3-17-12(10-15-19-6-7-20-15)8-11-4-5-14(18-2)13(16)9-11/h4-5,9,12,15,17H,3,6-8,10H2,1-2H3. The van der Waals surface area contributed by atoms with Gasteiger partial charge in [0.2, 0.25) is 0 Å². The third kappa shape index (κ3) is 4.16. The zero-order chi connectivity index (χ0) is 14.4. The molecular weight excluding hydrogens is 261 g/mol. The van der Waals surface area contributed by atoms with E-state index in [1.54, 1.807) is 6.07 Å². The molecule has 4 nitrogen and oxygen atoms in total. The van der Waals surface area contributed by atoms with Crippen molar-refractivity contribution in [2.24, 2.45) is 0 Å². The van der Waals surface area contributed by atoms with Crippen molar-refractivity contribution < 1.29 is 18.6 Å². The first-order valence-electron chi connectivity index (χ1n) is 7.02. The summed E-state index contributed by atoms with van der Waals surface area (Å²) >= 11 is 0. The number of nitrogens with one attached hydrogen (secondary N) is 1. The summed E-state index contributed by atoms with van der Waals surface area (Å²) in [5.74, 6) is -0.0511. The van der Waals surface area contributed by atoms with Crippen molar-refractivity contribution in [3.63, 3.8) is 0 Å². The van der Waals surface area contributed by atoms with Crippen LogP contribution >= 0.6 is 0 Å². The molecule has 1 unspecified atom stereocenters. The van der Waals surface area contributed by atoms with Crippen LogP contribution in [0.15, 0.2) is 18.2 Å². The predicted octanol–water partition coefficient (Wildman–Crippen LogP) is 2.12. The Hall–Kier alpha value is -1.17. The van der Waals surface area contributed by atoms with Crippen molar-refractivity contribution in [1.82, 2.24) is 5.32 Å². The maximum absolute atomic E-state index is 13.7. The maximum Gasteiger partial charge on any atom is 0.165 e. The topological polar surface area (TPSA) is 39.7 Å². The molecule has 0 spiro atoms. The van der Waals surface area contributed by atoms with Gasteiger partial charge in [0.1, 0.15) is 0 Å². The lowest BCUT2D eigenvalue weighted by molar-refractivity contribution is -0.0525. The average molecular weight is 283 g/mol. The Bertz CT molecular complexity index is 422. The van der Waals surface area contributed by atoms with Gasteiger partial charge < -0.3 is 19.5 Å². The Morgan fingerprint density at radius 3 is 2.75 bits per heavy atom. The van der Waals surface area contributed by atoms with Crippen LogP contribution in [0.4, 0.5) is 4.39 Å². The summed E-state index contributed by atoms with van der Waals surface area (Å²) in [5.41, 5.74) is 0.937. The third-order valence-electron chi connectivity index (χ3n) is 3.36. The Kier molecular flexibility index (Phi) is 5.76. The SMILES string of the molecule is CCNC(Cc1ccc(OC)c(F)c1)CC1OCCO1. The Morgan fingerprint density at radius 2 is 2.15 bits per heavy atom. The number of ether oxygens (including phenoxy) is 3. The van der Waals surface area contributed by atoms with E-state index in [1.165, 1.54) is 13.2 Å². The van der Waals surface area contributed by atoms with Crippen LogP contribution in [0.3, 0.4) is 0 Å². The molecule has 0 aliphatic carbocycles. The fourth-order valence-corrected chi connectivity index (χ4v) is 2.42. The van der Waals surface area contributed by atoms with E-state index in [1.807, 2.05) is 6.07 Å². The van der Waals surface area contributed by atoms with Crippen LogP contribution in [0.25, 0.3) is 0 Å². The van der Waals surface area contributed by atoms with Crippen LogP contribution in [-0.2, 0) is 15.9 Å². The predicted molar refractivity (Wildman–Crippen MR) is 74.4 cm³/mol. The molecule has 0 saturated carbocycles. The van der Waals surface area contributed by atoms with Gasteiger partial charge in [-0.05, 0) is 30.7 Å². The summed E-state index contributed by atoms with van der Waals surface area (Å²) in [6.45, 7) is 4.22. The van der Waals surface area contributed by atoms with Gasteiger partial charge in [0.25, 0.3) is 0 Å². The van der Waals surface area contributed by atoms with Gasteiger partial charge in [0.05, 0.1) is 20.3 Å². The fourth-order valence-electron chi connectivity index (χ4n) is 2.42. The van der Waals surface area contributed by atoms with E-state index in [-0.39, 0.29) is 23.9 Å². The molecule has 0 amide bonds. The summed E-state index contributed by atoms with van der Waals surface area (Å²) in [4.78, 5) is 0. The van der Waals surface area contributed by atoms with Crippen molar-refractivity contribution in [2.75, 3.05) is 26.9 Å². The minimum absolute atomic E-state index is 0.151. The number of hydrogen-bond acceptors (Lipinski definition) is 4. The second-order valence-electron chi connectivity index (χ2n) is 4.83. The fraction of sp³-hybridized carbons (Fsp3) is 0.600. The van der Waals surface area contributed by atoms with Crippen molar-refractivity contribution in [3.05, 3.63) is 29.6 Å². The molecule has 1 heterocycles. The molecule has 5 heteroatoms. The maximum atomic E-state index is 13.7. The summed E-state index contributed by atoms with van der Waals surface area (Å²) < 4.78 is 29.6. The highest BCUT2D eigenvalue weighted by Crippen LogP contribution is 2.20. The number of likely N-dealkylation sites (N-methyl/N-ethyl adjacent to an activating group) is 1. The van der Waals surface area contributed by atoms with Crippen LogP contribution in [-0.4, -0.2) is 39.2 Å². The van der Waals surface area contributed by atoms with Crippen LogP contribution in [0.2, 0.25) is 0 Å². The molecule has 2 rings (SSSR count). The molecule has 1 fully saturated rings. The van der Waals surface area contributed by atoms with E-state index in [2.05, 4.69) is 12.2 Å². The monoisotopic (exact) mass is 283 g/mol. The first kappa shape index (κ1) is 15.2. The molecule has 0 radical (unpaired) electrons. The van der Waals surface area contributed by atoms with E-state index in [0.717, 1.165) is 24.9 Å². The molecule has 1 atom stereocenters. The molecule has 1 saturated heterocycles. The molecule has 20 heavy (non-hydrogen) atoms. The first-order chi connectivity index (χ1) is 9.72. The number of hydrogen-bond donors (Lipinski definition) is 1. The van der Waals surface area contributed by atoms with E-state index in [4.69, 9.17) is 14.2 Å². The minimum atomic E-state index is -0.325. The summed E-state index contributed by atoms with van der Waals surface area (Å²) in [6.07, 6.45) is 1.35. The number of methoxy groups -OCH3 is 1. The Labute approximate surface area is 119 Å². The van der Waals surface area contributed by atoms with Crippen LogP contribution < -0.4 is 10.1 Å². The highest BCUT2D eigenvalue weighted by atomic mass is 19.1. The van der Waals surface area contributed by atoms with Crippen molar-refractivity contribution in [3.8, 4) is 5.75 Å². The number of rotatable bonds is 7. The van der Waals surface area contributed by atoms with E-state index >= 15 is 0 Å². The average Bonchev–Trinajstić information content (AvgIpc) is 2.92. The second kappa shape index (κ2) is 7.57. The largest absolute Gasteiger partial charge is 0.494 e. The molecule has 112 valence electrons. The number of halogens is 1. The normalized spacial score (nSPS) is 17.4. The lowest BCUT2D eigenvalue weighted by Gasteiger charge is -2.21. The molecule has 1 N–H and O–H groups in total. The van der Waals surface area contributed by atoms with Gasteiger partial charge in [-0.15, -0.1) is 0 Å². The second-order valence-corrected chi connectivity index (χ2v) is 4.83. The van der Waals surface area contributed by atoms with E-state index in [9.17, 15) is 4.39 Å². The molecule has 1 aromatic carbocycles. The van der Waals surface area contributed by atoms with Gasteiger partial charge in [0, 0.05) is 12.5 Å². The lowest BCUT2D eigenvalue weighted by atomic mass is 10.0. The van der Waals surface area contributed by atoms with Gasteiger partial charge >= 0.3 is 0 Å². The van der Waals surface area contributed by atoms with Crippen molar-refractivity contribution in [2.45, 2.75) is 32.1 Å². The van der Waals surface area contributed by atoms with Crippen LogP contribution in [0.5, 0.6) is 5.75 Å². The third-order valence-corrected chi connectivity index (χ3v) is 3.36. The smallest absolute Gasteiger partial charge is 0.165 e. The van der Waals surface area contributed by atoms with E-state index < -0.39 is 0 Å². The highest BCUT2D eigenvalue weighted by molar-refractivity contribution is 5.29. The summed E-state index contributed by atoms with van der Waals surface area (Å²) in [6, 6.07) is 5.29. The summed E-state index contributed by atoms with van der Waals surface area (Å²) in [7, 11) is 1.47. The lowest BCUT2D eigenvalue weighted by Crippen LogP contribution is -2.34. The van der Waals surface area contributed by atoms with E-state index in [0.29, 0.717) is 13.2 Å². The zero-order valence-electron chi connectivity index (χ0n) is 12.0. The highest BCUT2D eigenvalue weighted by Gasteiger charge is 2.21. The van der Waals surface area contributed by atoms with Crippen LogP contribution in [0.1, 0.15) is 18.9 Å². The van der Waals surface area contributed by atoms with Crippen molar-refractivity contribution >= 4 is 0 Å². The van der Waals surface area contributed by atoms with Gasteiger partial charge in [-0.2, -0.15) is 0 Å². The van der Waals surface area contributed by atoms with Gasteiger partial charge in [-0.3, -0.25) is 0 Å². The first-order valence-corrected chi connectivity index (χ1v) is 7.02. The summed E-state index contributed by atoms with van der Waals surface area (Å²) in [5, 5.41) is 3.39. The zero-order valence-corrected chi connectivity index (χ0v) is 12.0. The molecule has 1 aromatic rings. The molecule has 0 aromatic heterocycles. The molecular formula is C15H22FNO3. The minimum Gasteiger partial charge on any atom is -0.494 e. The van der Waals surface area contributed by atoms with Gasteiger partial charge in [-0.1, -0.05) is 13.0 Å². The van der Waals surface area contributed by atoms with Gasteiger partial charge in [-0.25, -0.2) is 4.39 Å².